The van der Waals surface area contributed by atoms with Crippen molar-refractivity contribution in [3.05, 3.63) is 54.1 Å². The Kier molecular flexibility index (Phi) is 7.72. The molecule has 0 aliphatic carbocycles. The van der Waals surface area contributed by atoms with Gasteiger partial charge in [-0.1, -0.05) is 13.8 Å². The molecule has 0 bridgehead atoms. The molecular weight excluding hydrogens is 440 g/mol. The van der Waals surface area contributed by atoms with Crippen LogP contribution in [0.2, 0.25) is 0 Å². The highest BCUT2D eigenvalue weighted by atomic mass is 19.4. The van der Waals surface area contributed by atoms with Crippen LogP contribution in [-0.4, -0.2) is 38.9 Å². The van der Waals surface area contributed by atoms with E-state index < -0.39 is 17.6 Å². The predicted molar refractivity (Wildman–Crippen MR) is 117 cm³/mol. The van der Waals surface area contributed by atoms with Gasteiger partial charge in [-0.25, -0.2) is 9.07 Å². The highest BCUT2D eigenvalue weighted by molar-refractivity contribution is 5.57. The molecule has 0 spiro atoms. The summed E-state index contributed by atoms with van der Waals surface area (Å²) in [6, 6.07) is 5.77. The largest absolute Gasteiger partial charge is 0.490 e. The molecule has 0 atom stereocenters. The first-order chi connectivity index (χ1) is 15.8. The van der Waals surface area contributed by atoms with E-state index in [1.165, 1.54) is 4.68 Å². The van der Waals surface area contributed by atoms with Crippen LogP contribution in [0.1, 0.15) is 32.3 Å². The Labute approximate surface area is 189 Å². The number of halogens is 4. The number of hydrogen-bond acceptors (Lipinski definition) is 6. The average Bonchev–Trinajstić information content (AvgIpc) is 3.17. The number of alkyl halides is 3. The topological polar surface area (TPSA) is 68.1 Å². The summed E-state index contributed by atoms with van der Waals surface area (Å²) in [5.74, 6) is 0.501. The maximum absolute atomic E-state index is 14.0. The van der Waals surface area contributed by atoms with Gasteiger partial charge in [-0.05, 0) is 30.3 Å². The average molecular weight is 466 g/mol. The van der Waals surface area contributed by atoms with Crippen LogP contribution in [0, 0.1) is 5.82 Å². The second-order valence-electron chi connectivity index (χ2n) is 7.16. The predicted octanol–water partition coefficient (Wildman–Crippen LogP) is 5.19. The van der Waals surface area contributed by atoms with E-state index in [4.69, 9.17) is 4.74 Å². The number of anilines is 3. The first kappa shape index (κ1) is 24.3. The highest BCUT2D eigenvalue weighted by Gasteiger charge is 2.31. The highest BCUT2D eigenvalue weighted by Crippen LogP contribution is 2.32. The third-order valence-corrected chi connectivity index (χ3v) is 4.96. The number of rotatable bonds is 5. The lowest BCUT2D eigenvalue weighted by atomic mass is 10.1. The Morgan fingerprint density at radius 1 is 1.06 bits per heavy atom. The second-order valence-corrected chi connectivity index (χ2v) is 7.16. The minimum atomic E-state index is -4.57. The van der Waals surface area contributed by atoms with Gasteiger partial charge in [0.2, 0.25) is 11.9 Å². The normalized spacial score (nSPS) is 14.5. The van der Waals surface area contributed by atoms with Crippen molar-refractivity contribution in [3.8, 4) is 5.75 Å². The van der Waals surface area contributed by atoms with Gasteiger partial charge in [0.25, 0.3) is 0 Å². The third kappa shape index (κ3) is 6.11. The standard InChI is InChI=1S/C20H20F4N6O.C2H6/c1-29-19(30-10-6-15(7-11-30)31-14-4-8-25-9-5-14)27-18(28-29)26-17-12-13(20(22,23)24)2-3-16(17)21;1-2/h2-5,8-9,12,15H,6-7,10-11H2,1H3,(H,26,28);1-2H3. The molecule has 7 nitrogen and oxygen atoms in total. The van der Waals surface area contributed by atoms with Crippen molar-refractivity contribution >= 4 is 17.6 Å². The number of hydrogen-bond donors (Lipinski definition) is 1. The van der Waals surface area contributed by atoms with Crippen LogP contribution >= 0.6 is 0 Å². The molecule has 33 heavy (non-hydrogen) atoms. The lowest BCUT2D eigenvalue weighted by Crippen LogP contribution is -2.39. The quantitative estimate of drug-likeness (QED) is 0.523. The van der Waals surface area contributed by atoms with Crippen LogP contribution in [0.3, 0.4) is 0 Å². The van der Waals surface area contributed by atoms with Crippen molar-refractivity contribution < 1.29 is 22.3 Å². The van der Waals surface area contributed by atoms with Gasteiger partial charge in [0, 0.05) is 45.4 Å². The number of piperidine rings is 1. The molecule has 0 radical (unpaired) electrons. The van der Waals surface area contributed by atoms with Crippen molar-refractivity contribution in [2.75, 3.05) is 23.3 Å². The monoisotopic (exact) mass is 466 g/mol. The lowest BCUT2D eigenvalue weighted by molar-refractivity contribution is -0.137. The van der Waals surface area contributed by atoms with Crippen molar-refractivity contribution in [2.24, 2.45) is 7.05 Å². The number of aryl methyl sites for hydroxylation is 1. The summed E-state index contributed by atoms with van der Waals surface area (Å²) in [7, 11) is 1.68. The van der Waals surface area contributed by atoms with Crippen LogP contribution in [0.5, 0.6) is 5.75 Å². The van der Waals surface area contributed by atoms with Gasteiger partial charge in [0.15, 0.2) is 0 Å². The molecule has 3 heterocycles. The minimum Gasteiger partial charge on any atom is -0.490 e. The molecule has 4 rings (SSSR count). The van der Waals surface area contributed by atoms with E-state index >= 15 is 0 Å². The Balaban J connectivity index is 0.00000149. The van der Waals surface area contributed by atoms with Crippen molar-refractivity contribution in [1.82, 2.24) is 19.7 Å². The van der Waals surface area contributed by atoms with Gasteiger partial charge in [0.1, 0.15) is 17.7 Å². The van der Waals surface area contributed by atoms with Crippen LogP contribution in [-0.2, 0) is 13.2 Å². The van der Waals surface area contributed by atoms with E-state index in [0.717, 1.165) is 24.7 Å². The summed E-state index contributed by atoms with van der Waals surface area (Å²) in [6.07, 6.45) is 0.358. The smallest absolute Gasteiger partial charge is 0.416 e. The molecular formula is C22H26F4N6O. The van der Waals surface area contributed by atoms with E-state index in [9.17, 15) is 17.6 Å². The molecule has 1 aromatic carbocycles. The first-order valence-corrected chi connectivity index (χ1v) is 10.7. The fraction of sp³-hybridized carbons (Fsp3) is 0.409. The van der Waals surface area contributed by atoms with E-state index in [1.54, 1.807) is 31.6 Å². The van der Waals surface area contributed by atoms with Gasteiger partial charge >= 0.3 is 6.18 Å². The maximum atomic E-state index is 14.0. The number of nitrogens with zero attached hydrogens (tertiary/aromatic N) is 5. The van der Waals surface area contributed by atoms with Crippen LogP contribution in [0.15, 0.2) is 42.7 Å². The summed E-state index contributed by atoms with van der Waals surface area (Å²) < 4.78 is 60.2. The van der Waals surface area contributed by atoms with Crippen LogP contribution in [0.4, 0.5) is 35.1 Å². The zero-order valence-corrected chi connectivity index (χ0v) is 18.6. The fourth-order valence-electron chi connectivity index (χ4n) is 3.41. The van der Waals surface area contributed by atoms with E-state index in [1.807, 2.05) is 18.7 Å². The zero-order valence-electron chi connectivity index (χ0n) is 18.6. The van der Waals surface area contributed by atoms with E-state index in [0.29, 0.717) is 31.2 Å². The molecule has 2 aromatic heterocycles. The minimum absolute atomic E-state index is 0.0193. The van der Waals surface area contributed by atoms with Crippen molar-refractivity contribution in [1.29, 1.82) is 0 Å². The molecule has 3 aromatic rings. The Hall–Kier alpha value is -3.37. The van der Waals surface area contributed by atoms with E-state index in [2.05, 4.69) is 20.4 Å². The summed E-state index contributed by atoms with van der Waals surface area (Å²) in [4.78, 5) is 10.3. The summed E-state index contributed by atoms with van der Waals surface area (Å²) in [5, 5.41) is 6.72. The van der Waals surface area contributed by atoms with E-state index in [-0.39, 0.29) is 17.7 Å². The van der Waals surface area contributed by atoms with Crippen LogP contribution < -0.4 is 15.0 Å². The Bertz CT molecular complexity index is 1030. The first-order valence-electron chi connectivity index (χ1n) is 10.7. The number of aromatic nitrogens is 4. The Morgan fingerprint density at radius 2 is 1.73 bits per heavy atom. The molecule has 0 unspecified atom stereocenters. The van der Waals surface area contributed by atoms with Crippen LogP contribution in [0.25, 0.3) is 0 Å². The molecule has 1 fully saturated rings. The molecule has 1 aliphatic rings. The number of benzene rings is 1. The lowest BCUT2D eigenvalue weighted by Gasteiger charge is -2.32. The summed E-state index contributed by atoms with van der Waals surface area (Å²) in [5.41, 5.74) is -1.29. The SMILES string of the molecule is CC.Cn1nc(Nc2cc(C(F)(F)F)ccc2F)nc1N1CCC(Oc2ccncc2)CC1. The Morgan fingerprint density at radius 3 is 2.36 bits per heavy atom. The molecule has 0 amide bonds. The molecule has 11 heteroatoms. The summed E-state index contributed by atoms with van der Waals surface area (Å²) >= 11 is 0. The zero-order chi connectivity index (χ0) is 24.0. The number of pyridine rings is 1. The second kappa shape index (κ2) is 10.5. The van der Waals surface area contributed by atoms with Gasteiger partial charge in [-0.3, -0.25) is 4.98 Å². The molecule has 1 aliphatic heterocycles. The van der Waals surface area contributed by atoms with Gasteiger partial charge < -0.3 is 15.0 Å². The fourth-order valence-corrected chi connectivity index (χ4v) is 3.41. The number of nitrogens with one attached hydrogen (secondary N) is 1. The van der Waals surface area contributed by atoms with Gasteiger partial charge in [0.05, 0.1) is 11.3 Å². The number of ether oxygens (including phenoxy) is 1. The van der Waals surface area contributed by atoms with Gasteiger partial charge in [-0.2, -0.15) is 18.2 Å². The molecule has 1 saturated heterocycles. The van der Waals surface area contributed by atoms with Crippen molar-refractivity contribution in [2.45, 2.75) is 39.0 Å². The maximum Gasteiger partial charge on any atom is 0.416 e. The molecule has 1 N–H and O–H groups in total. The van der Waals surface area contributed by atoms with Crippen molar-refractivity contribution in [3.63, 3.8) is 0 Å². The van der Waals surface area contributed by atoms with Gasteiger partial charge in [-0.15, -0.1) is 5.10 Å². The summed E-state index contributed by atoms with van der Waals surface area (Å²) in [6.45, 7) is 5.33. The molecule has 0 saturated carbocycles. The third-order valence-electron chi connectivity index (χ3n) is 4.96. The molecule has 178 valence electrons.